The molecule has 0 unspecified atom stereocenters. The van der Waals surface area contributed by atoms with Crippen LogP contribution in [0.3, 0.4) is 0 Å². The van der Waals surface area contributed by atoms with Crippen LogP contribution in [0.4, 0.5) is 5.69 Å². The van der Waals surface area contributed by atoms with Crippen molar-refractivity contribution in [3.8, 4) is 0 Å². The number of sulfonamides is 1. The molecule has 0 fully saturated rings. The highest BCUT2D eigenvalue weighted by molar-refractivity contribution is 7.93. The van der Waals surface area contributed by atoms with Crippen LogP contribution in [0.2, 0.25) is 0 Å². The fourth-order valence-electron chi connectivity index (χ4n) is 1.59. The molecule has 0 aliphatic heterocycles. The van der Waals surface area contributed by atoms with Crippen LogP contribution in [0.5, 0.6) is 0 Å². The quantitative estimate of drug-likeness (QED) is 0.896. The number of hydrogen-bond donors (Lipinski definition) is 2. The Labute approximate surface area is 109 Å². The molecule has 2 rings (SSSR count). The van der Waals surface area contributed by atoms with Crippen molar-refractivity contribution in [2.45, 2.75) is 18.4 Å². The molecule has 0 saturated heterocycles. The van der Waals surface area contributed by atoms with Gasteiger partial charge < -0.3 is 5.11 Å². The molecule has 2 heterocycles. The zero-order valence-corrected chi connectivity index (χ0v) is 11.3. The van der Waals surface area contributed by atoms with Gasteiger partial charge in [0.1, 0.15) is 4.90 Å². The summed E-state index contributed by atoms with van der Waals surface area (Å²) in [6, 6.07) is 3.26. The lowest BCUT2D eigenvalue weighted by atomic mass is 10.3. The third-order valence-corrected chi connectivity index (χ3v) is 5.14. The second-order valence-electron chi connectivity index (χ2n) is 3.68. The largest absolute Gasteiger partial charge is 0.391 e. The normalized spacial score (nSPS) is 11.4. The lowest BCUT2D eigenvalue weighted by Crippen LogP contribution is -2.15. The van der Waals surface area contributed by atoms with Crippen molar-refractivity contribution in [3.63, 3.8) is 0 Å². The van der Waals surface area contributed by atoms with Crippen LogP contribution in [0.25, 0.3) is 0 Å². The van der Waals surface area contributed by atoms with Crippen LogP contribution in [0.1, 0.15) is 10.4 Å². The number of aryl methyl sites for hydroxylation is 1. The molecule has 18 heavy (non-hydrogen) atoms. The van der Waals surface area contributed by atoms with Gasteiger partial charge in [-0.15, -0.1) is 11.3 Å². The number of aliphatic hydroxyl groups excluding tert-OH is 1. The topological polar surface area (TPSA) is 79.3 Å². The Balaban J connectivity index is 2.40. The lowest BCUT2D eigenvalue weighted by Gasteiger charge is -2.08. The second kappa shape index (κ2) is 5.05. The zero-order valence-electron chi connectivity index (χ0n) is 9.62. The molecule has 0 atom stereocenters. The summed E-state index contributed by atoms with van der Waals surface area (Å²) in [6.07, 6.45) is 2.99. The van der Waals surface area contributed by atoms with Crippen LogP contribution in [0, 0.1) is 6.92 Å². The van der Waals surface area contributed by atoms with E-state index in [0.717, 1.165) is 0 Å². The highest BCUT2D eigenvalue weighted by Gasteiger charge is 2.22. The average Bonchev–Trinajstić information content (AvgIpc) is 2.72. The average molecular weight is 284 g/mol. The number of aliphatic hydroxyl groups is 1. The Hall–Kier alpha value is -1.44. The molecule has 0 aromatic carbocycles. The summed E-state index contributed by atoms with van der Waals surface area (Å²) in [5.41, 5.74) is 1.02. The SMILES string of the molecule is Cc1csc(CO)c1S(=O)(=O)Nc1cccnc1. The fraction of sp³-hybridized carbons (Fsp3) is 0.182. The van der Waals surface area contributed by atoms with Gasteiger partial charge in [0, 0.05) is 6.20 Å². The highest BCUT2D eigenvalue weighted by Crippen LogP contribution is 2.28. The minimum absolute atomic E-state index is 0.152. The fourth-order valence-corrected chi connectivity index (χ4v) is 4.29. The molecular formula is C11H12N2O3S2. The van der Waals surface area contributed by atoms with Crippen molar-refractivity contribution in [1.29, 1.82) is 0 Å². The third-order valence-electron chi connectivity index (χ3n) is 2.32. The Kier molecular flexibility index (Phi) is 3.65. The molecule has 2 aromatic rings. The Morgan fingerprint density at radius 3 is 2.89 bits per heavy atom. The smallest absolute Gasteiger partial charge is 0.263 e. The van der Waals surface area contributed by atoms with Crippen molar-refractivity contribution >= 4 is 27.0 Å². The van der Waals surface area contributed by atoms with Crippen LogP contribution in [-0.4, -0.2) is 18.5 Å². The molecule has 5 nitrogen and oxygen atoms in total. The van der Waals surface area contributed by atoms with E-state index in [9.17, 15) is 8.42 Å². The van der Waals surface area contributed by atoms with Crippen LogP contribution < -0.4 is 4.72 Å². The predicted molar refractivity (Wildman–Crippen MR) is 70.0 cm³/mol. The molecule has 96 valence electrons. The summed E-state index contributed by atoms with van der Waals surface area (Å²) >= 11 is 1.23. The third kappa shape index (κ3) is 2.53. The molecule has 0 spiro atoms. The molecule has 7 heteroatoms. The van der Waals surface area contributed by atoms with E-state index in [4.69, 9.17) is 5.11 Å². The molecule has 2 N–H and O–H groups in total. The van der Waals surface area contributed by atoms with Gasteiger partial charge in [0.2, 0.25) is 0 Å². The van der Waals surface area contributed by atoms with Crippen molar-refractivity contribution < 1.29 is 13.5 Å². The zero-order chi connectivity index (χ0) is 13.2. The first-order chi connectivity index (χ1) is 8.54. The molecule has 0 aliphatic carbocycles. The van der Waals surface area contributed by atoms with Gasteiger partial charge in [-0.2, -0.15) is 0 Å². The minimum Gasteiger partial charge on any atom is -0.391 e. The predicted octanol–water partition coefficient (Wildman–Crippen LogP) is 1.74. The molecule has 0 bridgehead atoms. The highest BCUT2D eigenvalue weighted by atomic mass is 32.2. The number of aromatic nitrogens is 1. The van der Waals surface area contributed by atoms with Gasteiger partial charge in [-0.1, -0.05) is 0 Å². The first-order valence-corrected chi connectivity index (χ1v) is 7.51. The summed E-state index contributed by atoms with van der Waals surface area (Å²) < 4.78 is 26.9. The summed E-state index contributed by atoms with van der Waals surface area (Å²) in [5.74, 6) is 0. The number of nitrogens with one attached hydrogen (secondary N) is 1. The van der Waals surface area contributed by atoms with Gasteiger partial charge >= 0.3 is 0 Å². The summed E-state index contributed by atoms with van der Waals surface area (Å²) in [7, 11) is -3.68. The van der Waals surface area contributed by atoms with Crippen LogP contribution >= 0.6 is 11.3 Å². The Morgan fingerprint density at radius 2 is 2.28 bits per heavy atom. The van der Waals surface area contributed by atoms with E-state index in [1.807, 2.05) is 0 Å². The van der Waals surface area contributed by atoms with Crippen LogP contribution in [-0.2, 0) is 16.6 Å². The van der Waals surface area contributed by atoms with Crippen LogP contribution in [0.15, 0.2) is 34.8 Å². The molecule has 0 radical (unpaired) electrons. The number of anilines is 1. The Morgan fingerprint density at radius 1 is 1.50 bits per heavy atom. The molecule has 0 saturated carbocycles. The van der Waals surface area contributed by atoms with Gasteiger partial charge in [0.25, 0.3) is 10.0 Å². The van der Waals surface area contributed by atoms with Crippen molar-refractivity contribution in [2.24, 2.45) is 0 Å². The standard InChI is InChI=1S/C11H12N2O3S2/c1-8-7-17-10(6-14)11(8)18(15,16)13-9-3-2-4-12-5-9/h2-5,7,13-14H,6H2,1H3. The first-order valence-electron chi connectivity index (χ1n) is 5.15. The van der Waals surface area contributed by atoms with E-state index in [2.05, 4.69) is 9.71 Å². The second-order valence-corrected chi connectivity index (χ2v) is 6.26. The van der Waals surface area contributed by atoms with E-state index in [1.165, 1.54) is 17.5 Å². The molecule has 2 aromatic heterocycles. The van der Waals surface area contributed by atoms with Gasteiger partial charge in [-0.05, 0) is 30.0 Å². The molecule has 0 aliphatic rings. The maximum atomic E-state index is 12.2. The van der Waals surface area contributed by atoms with Gasteiger partial charge in [-0.25, -0.2) is 8.42 Å². The Bertz CT molecular complexity index is 636. The number of rotatable bonds is 4. The molecular weight excluding hydrogens is 272 g/mol. The van der Waals surface area contributed by atoms with E-state index in [1.54, 1.807) is 30.6 Å². The van der Waals surface area contributed by atoms with E-state index in [0.29, 0.717) is 16.1 Å². The number of nitrogens with zero attached hydrogens (tertiary/aromatic N) is 1. The van der Waals surface area contributed by atoms with E-state index < -0.39 is 10.0 Å². The van der Waals surface area contributed by atoms with Gasteiger partial charge in [-0.3, -0.25) is 9.71 Å². The summed E-state index contributed by atoms with van der Waals surface area (Å²) in [5, 5.41) is 10.9. The van der Waals surface area contributed by atoms with Gasteiger partial charge in [0.05, 0.1) is 23.4 Å². The minimum atomic E-state index is -3.68. The van der Waals surface area contributed by atoms with E-state index >= 15 is 0 Å². The maximum Gasteiger partial charge on any atom is 0.263 e. The summed E-state index contributed by atoms with van der Waals surface area (Å²) in [4.78, 5) is 4.43. The van der Waals surface area contributed by atoms with Gasteiger partial charge in [0.15, 0.2) is 0 Å². The number of pyridine rings is 1. The maximum absolute atomic E-state index is 12.2. The monoisotopic (exact) mass is 284 g/mol. The van der Waals surface area contributed by atoms with E-state index in [-0.39, 0.29) is 11.5 Å². The summed E-state index contributed by atoms with van der Waals surface area (Å²) in [6.45, 7) is 1.41. The van der Waals surface area contributed by atoms with Crippen molar-refractivity contribution in [3.05, 3.63) is 40.3 Å². The molecule has 0 amide bonds. The number of thiophene rings is 1. The number of hydrogen-bond acceptors (Lipinski definition) is 5. The van der Waals surface area contributed by atoms with Crippen molar-refractivity contribution in [2.75, 3.05) is 4.72 Å². The first kappa shape index (κ1) is 13.0. The van der Waals surface area contributed by atoms with Crippen molar-refractivity contribution in [1.82, 2.24) is 4.98 Å². The lowest BCUT2D eigenvalue weighted by molar-refractivity contribution is 0.282.